The van der Waals surface area contributed by atoms with Crippen molar-refractivity contribution in [1.29, 1.82) is 0 Å². The molecule has 0 bridgehead atoms. The van der Waals surface area contributed by atoms with Crippen LogP contribution in [0, 0.1) is 0 Å². The number of fused-ring (bicyclic) bond motifs is 1. The fraction of sp³-hybridized carbons (Fsp3) is 0.304. The number of benzene rings is 2. The van der Waals surface area contributed by atoms with E-state index in [2.05, 4.69) is 0 Å². The number of nitrogens with zero attached hydrogens (tertiary/aromatic N) is 1. The minimum Gasteiger partial charge on any atom is -0.497 e. The topological polar surface area (TPSA) is 66.8 Å². The van der Waals surface area contributed by atoms with Crippen molar-refractivity contribution in [1.82, 2.24) is 4.90 Å². The van der Waals surface area contributed by atoms with Crippen molar-refractivity contribution >= 4 is 18.0 Å². The van der Waals surface area contributed by atoms with Crippen LogP contribution in [-0.2, 0) is 16.0 Å². The summed E-state index contributed by atoms with van der Waals surface area (Å²) in [6, 6.07) is 15.6. The van der Waals surface area contributed by atoms with E-state index in [9.17, 15) is 14.7 Å². The molecule has 1 amide bonds. The van der Waals surface area contributed by atoms with Crippen LogP contribution in [0.25, 0.3) is 6.08 Å². The average Bonchev–Trinajstić information content (AvgIpc) is 2.80. The Bertz CT molecular complexity index is 889. The van der Waals surface area contributed by atoms with E-state index in [1.807, 2.05) is 60.4 Å². The normalized spacial score (nSPS) is 16.2. The van der Waals surface area contributed by atoms with Gasteiger partial charge < -0.3 is 14.7 Å². The summed E-state index contributed by atoms with van der Waals surface area (Å²) >= 11 is 0. The Balaban J connectivity index is 2.00. The summed E-state index contributed by atoms with van der Waals surface area (Å²) in [5, 5.41) is 9.31. The molecule has 0 aliphatic carbocycles. The van der Waals surface area contributed by atoms with Gasteiger partial charge in [-0.3, -0.25) is 9.59 Å². The van der Waals surface area contributed by atoms with Crippen LogP contribution in [0.4, 0.5) is 0 Å². The second-order valence-electron chi connectivity index (χ2n) is 6.89. The van der Waals surface area contributed by atoms with Crippen LogP contribution < -0.4 is 4.74 Å². The number of carboxylic acid groups (broad SMARTS) is 1. The first-order valence-corrected chi connectivity index (χ1v) is 9.48. The van der Waals surface area contributed by atoms with Gasteiger partial charge in [-0.2, -0.15) is 0 Å². The third-order valence-electron chi connectivity index (χ3n) is 5.11. The minimum atomic E-state index is -1.01. The van der Waals surface area contributed by atoms with Crippen molar-refractivity contribution in [2.24, 2.45) is 0 Å². The van der Waals surface area contributed by atoms with Crippen LogP contribution in [0.15, 0.2) is 54.1 Å². The van der Waals surface area contributed by atoms with Crippen molar-refractivity contribution in [3.8, 4) is 5.75 Å². The molecule has 5 nitrogen and oxygen atoms in total. The fourth-order valence-electron chi connectivity index (χ4n) is 3.73. The molecule has 28 heavy (non-hydrogen) atoms. The predicted molar refractivity (Wildman–Crippen MR) is 108 cm³/mol. The van der Waals surface area contributed by atoms with E-state index in [1.54, 1.807) is 13.2 Å². The Kier molecular flexibility index (Phi) is 6.14. The van der Waals surface area contributed by atoms with Gasteiger partial charge in [-0.15, -0.1) is 0 Å². The Morgan fingerprint density at radius 3 is 2.57 bits per heavy atom. The zero-order chi connectivity index (χ0) is 20.1. The van der Waals surface area contributed by atoms with E-state index in [1.165, 1.54) is 0 Å². The predicted octanol–water partition coefficient (Wildman–Crippen LogP) is 4.09. The molecule has 5 heteroatoms. The fourth-order valence-corrected chi connectivity index (χ4v) is 3.73. The van der Waals surface area contributed by atoms with E-state index in [0.717, 1.165) is 29.5 Å². The SMILES string of the molecule is CCC1c2ccc(OC)cc2C=C(CC(=O)O)C(=O)N1CCc1ccccc1. The molecule has 2 aromatic rings. The van der Waals surface area contributed by atoms with Crippen molar-refractivity contribution in [3.05, 3.63) is 70.8 Å². The first kappa shape index (κ1) is 19.7. The molecule has 1 aliphatic rings. The van der Waals surface area contributed by atoms with Crippen molar-refractivity contribution in [2.45, 2.75) is 32.2 Å². The zero-order valence-electron chi connectivity index (χ0n) is 16.2. The molecular weight excluding hydrogens is 354 g/mol. The standard InChI is InChI=1S/C23H25NO4/c1-3-21-20-10-9-19(28-2)14-17(20)13-18(15-22(25)26)23(27)24(21)12-11-16-7-5-4-6-8-16/h4-10,13-14,21H,3,11-12,15H2,1-2H3,(H,25,26). The highest BCUT2D eigenvalue weighted by Gasteiger charge is 2.31. The van der Waals surface area contributed by atoms with Crippen molar-refractivity contribution in [3.63, 3.8) is 0 Å². The van der Waals surface area contributed by atoms with Crippen LogP contribution in [0.5, 0.6) is 5.75 Å². The average molecular weight is 379 g/mol. The second kappa shape index (κ2) is 8.74. The number of methoxy groups -OCH3 is 1. The minimum absolute atomic E-state index is 0.111. The molecule has 0 fully saturated rings. The molecule has 0 saturated carbocycles. The first-order valence-electron chi connectivity index (χ1n) is 9.48. The molecule has 1 N–H and O–H groups in total. The number of carbonyl (C=O) groups is 2. The van der Waals surface area contributed by atoms with Gasteiger partial charge in [0.25, 0.3) is 5.91 Å². The van der Waals surface area contributed by atoms with Crippen molar-refractivity contribution < 1.29 is 19.4 Å². The molecule has 146 valence electrons. The van der Waals surface area contributed by atoms with Gasteiger partial charge in [0.05, 0.1) is 19.6 Å². The van der Waals surface area contributed by atoms with Gasteiger partial charge in [0, 0.05) is 12.1 Å². The van der Waals surface area contributed by atoms with Gasteiger partial charge in [-0.05, 0) is 47.7 Å². The summed E-state index contributed by atoms with van der Waals surface area (Å²) in [6.07, 6.45) is 2.87. The number of hydrogen-bond acceptors (Lipinski definition) is 3. The Morgan fingerprint density at radius 1 is 1.18 bits per heavy atom. The summed E-state index contributed by atoms with van der Waals surface area (Å²) < 4.78 is 5.32. The maximum atomic E-state index is 13.3. The van der Waals surface area contributed by atoms with E-state index < -0.39 is 5.97 Å². The van der Waals surface area contributed by atoms with Crippen LogP contribution in [0.2, 0.25) is 0 Å². The van der Waals surface area contributed by atoms with Gasteiger partial charge in [0.15, 0.2) is 0 Å². The van der Waals surface area contributed by atoms with Gasteiger partial charge in [-0.25, -0.2) is 0 Å². The van der Waals surface area contributed by atoms with E-state index >= 15 is 0 Å². The third-order valence-corrected chi connectivity index (χ3v) is 5.11. The number of amides is 1. The van der Waals surface area contributed by atoms with Gasteiger partial charge >= 0.3 is 5.97 Å². The smallest absolute Gasteiger partial charge is 0.308 e. The molecular formula is C23H25NO4. The summed E-state index contributed by atoms with van der Waals surface area (Å²) in [6.45, 7) is 2.58. The number of aliphatic carboxylic acids is 1. The molecule has 1 atom stereocenters. The van der Waals surface area contributed by atoms with Gasteiger partial charge in [-0.1, -0.05) is 43.3 Å². The molecule has 0 saturated heterocycles. The summed E-state index contributed by atoms with van der Waals surface area (Å²) in [4.78, 5) is 26.4. The van der Waals surface area contributed by atoms with E-state index in [-0.39, 0.29) is 18.4 Å². The highest BCUT2D eigenvalue weighted by atomic mass is 16.5. The highest BCUT2D eigenvalue weighted by Crippen LogP contribution is 2.35. The van der Waals surface area contributed by atoms with Gasteiger partial charge in [0.1, 0.15) is 5.75 Å². The molecule has 1 aliphatic heterocycles. The molecule has 1 unspecified atom stereocenters. The van der Waals surface area contributed by atoms with Crippen molar-refractivity contribution in [2.75, 3.05) is 13.7 Å². The number of carbonyl (C=O) groups excluding carboxylic acids is 1. The number of rotatable bonds is 7. The molecule has 1 heterocycles. The Labute approximate surface area is 165 Å². The Hall–Kier alpha value is -3.08. The molecule has 0 spiro atoms. The maximum Gasteiger partial charge on any atom is 0.308 e. The summed E-state index contributed by atoms with van der Waals surface area (Å²) in [5.74, 6) is -0.535. The zero-order valence-corrected chi connectivity index (χ0v) is 16.2. The molecule has 2 aromatic carbocycles. The summed E-state index contributed by atoms with van der Waals surface area (Å²) in [7, 11) is 1.59. The lowest BCUT2D eigenvalue weighted by molar-refractivity contribution is -0.138. The lowest BCUT2D eigenvalue weighted by Crippen LogP contribution is -2.37. The maximum absolute atomic E-state index is 13.3. The van der Waals surface area contributed by atoms with Crippen LogP contribution in [0.1, 0.15) is 42.5 Å². The molecule has 3 rings (SSSR count). The quantitative estimate of drug-likeness (QED) is 0.787. The van der Waals surface area contributed by atoms with E-state index in [4.69, 9.17) is 4.74 Å². The first-order chi connectivity index (χ1) is 13.5. The lowest BCUT2D eigenvalue weighted by Gasteiger charge is -2.31. The Morgan fingerprint density at radius 2 is 1.93 bits per heavy atom. The van der Waals surface area contributed by atoms with Crippen LogP contribution in [-0.4, -0.2) is 35.5 Å². The second-order valence-corrected chi connectivity index (χ2v) is 6.89. The van der Waals surface area contributed by atoms with E-state index in [0.29, 0.717) is 17.9 Å². The lowest BCUT2D eigenvalue weighted by atomic mass is 9.97. The van der Waals surface area contributed by atoms with Crippen LogP contribution >= 0.6 is 0 Å². The highest BCUT2D eigenvalue weighted by molar-refractivity contribution is 6.02. The van der Waals surface area contributed by atoms with Crippen LogP contribution in [0.3, 0.4) is 0 Å². The third kappa shape index (κ3) is 4.25. The monoisotopic (exact) mass is 379 g/mol. The number of carboxylic acids is 1. The molecule has 0 radical (unpaired) electrons. The number of ether oxygens (including phenoxy) is 1. The number of hydrogen-bond donors (Lipinski definition) is 1. The summed E-state index contributed by atoms with van der Waals surface area (Å²) in [5.41, 5.74) is 3.31. The largest absolute Gasteiger partial charge is 0.497 e. The molecule has 0 aromatic heterocycles. The van der Waals surface area contributed by atoms with Gasteiger partial charge in [0.2, 0.25) is 0 Å².